The summed E-state index contributed by atoms with van der Waals surface area (Å²) < 4.78 is 1.93. The molecule has 8 nitrogen and oxygen atoms in total. The number of nitrogens with one attached hydrogen (secondary N) is 1. The summed E-state index contributed by atoms with van der Waals surface area (Å²) >= 11 is 0. The highest BCUT2D eigenvalue weighted by Gasteiger charge is 2.42. The van der Waals surface area contributed by atoms with E-state index in [1.807, 2.05) is 0 Å². The second-order valence-electron chi connectivity index (χ2n) is 5.81. The summed E-state index contributed by atoms with van der Waals surface area (Å²) in [4.78, 5) is 35.4. The van der Waals surface area contributed by atoms with Gasteiger partial charge in [-0.1, -0.05) is 6.92 Å². The van der Waals surface area contributed by atoms with Gasteiger partial charge in [0.1, 0.15) is 5.54 Å². The van der Waals surface area contributed by atoms with Gasteiger partial charge in [-0.05, 0) is 31.6 Å². The Labute approximate surface area is 121 Å². The van der Waals surface area contributed by atoms with Crippen LogP contribution in [0.2, 0.25) is 0 Å². The summed E-state index contributed by atoms with van der Waals surface area (Å²) in [5.74, 6) is -0.626. The summed E-state index contributed by atoms with van der Waals surface area (Å²) in [6.45, 7) is 2.08. The zero-order valence-electron chi connectivity index (χ0n) is 12.4. The quantitative estimate of drug-likeness (QED) is 0.808. The molecule has 0 radical (unpaired) electrons. The summed E-state index contributed by atoms with van der Waals surface area (Å²) in [5, 5.41) is 16.2. The van der Waals surface area contributed by atoms with E-state index in [1.165, 1.54) is 14.1 Å². The molecule has 1 heterocycles. The van der Waals surface area contributed by atoms with E-state index >= 15 is 0 Å². The van der Waals surface area contributed by atoms with Gasteiger partial charge in [0.15, 0.2) is 0 Å². The van der Waals surface area contributed by atoms with Crippen molar-refractivity contribution in [3.8, 4) is 0 Å². The van der Waals surface area contributed by atoms with Gasteiger partial charge in [0.25, 0.3) is 5.56 Å². The molecule has 1 aliphatic carbocycles. The van der Waals surface area contributed by atoms with E-state index in [9.17, 15) is 19.5 Å². The Morgan fingerprint density at radius 3 is 2.43 bits per heavy atom. The lowest BCUT2D eigenvalue weighted by atomic mass is 9.77. The van der Waals surface area contributed by atoms with Crippen molar-refractivity contribution in [1.29, 1.82) is 0 Å². The summed E-state index contributed by atoms with van der Waals surface area (Å²) in [6.07, 6.45) is 2.39. The molecule has 1 aromatic heterocycles. The number of carboxylic acids is 1. The molecule has 1 aliphatic rings. The molecule has 2 N–H and O–H groups in total. The molecule has 116 valence electrons. The molecule has 0 spiro atoms. The largest absolute Gasteiger partial charge is 0.480 e. The molecule has 0 aromatic carbocycles. The van der Waals surface area contributed by atoms with Crippen molar-refractivity contribution < 1.29 is 9.90 Å². The molecule has 0 unspecified atom stereocenters. The van der Waals surface area contributed by atoms with E-state index in [1.54, 1.807) is 0 Å². The van der Waals surface area contributed by atoms with Crippen molar-refractivity contribution in [3.05, 3.63) is 20.8 Å². The van der Waals surface area contributed by atoms with Crippen molar-refractivity contribution in [2.75, 3.05) is 5.32 Å². The molecular formula is C13H20N4O4. The first-order valence-electron chi connectivity index (χ1n) is 6.93. The van der Waals surface area contributed by atoms with Crippen LogP contribution in [-0.4, -0.2) is 31.0 Å². The van der Waals surface area contributed by atoms with Gasteiger partial charge < -0.3 is 10.4 Å². The predicted octanol–water partition coefficient (Wildman–Crippen LogP) is -0.0756. The van der Waals surface area contributed by atoms with Gasteiger partial charge in [0.2, 0.25) is 5.82 Å². The Balaban J connectivity index is 2.42. The van der Waals surface area contributed by atoms with Crippen LogP contribution < -0.4 is 16.6 Å². The fourth-order valence-electron chi connectivity index (χ4n) is 2.65. The Morgan fingerprint density at radius 2 is 1.90 bits per heavy atom. The number of rotatable bonds is 3. The molecule has 1 aromatic rings. The zero-order chi connectivity index (χ0) is 15.8. The maximum atomic E-state index is 12.1. The highest BCUT2D eigenvalue weighted by Crippen LogP contribution is 2.34. The van der Waals surface area contributed by atoms with Crippen LogP contribution >= 0.6 is 0 Å². The molecule has 21 heavy (non-hydrogen) atoms. The fraction of sp³-hybridized carbons (Fsp3) is 0.692. The molecule has 0 bridgehead atoms. The number of carbonyl (C=O) groups is 1. The van der Waals surface area contributed by atoms with Gasteiger partial charge in [0, 0.05) is 14.1 Å². The van der Waals surface area contributed by atoms with Crippen LogP contribution in [0.5, 0.6) is 0 Å². The highest BCUT2D eigenvalue weighted by atomic mass is 16.4. The minimum atomic E-state index is -1.19. The predicted molar refractivity (Wildman–Crippen MR) is 76.3 cm³/mol. The van der Waals surface area contributed by atoms with Crippen LogP contribution in [0.1, 0.15) is 32.6 Å². The van der Waals surface area contributed by atoms with Gasteiger partial charge in [0.05, 0.1) is 0 Å². The molecular weight excluding hydrogens is 276 g/mol. The third-order valence-electron chi connectivity index (χ3n) is 4.22. The van der Waals surface area contributed by atoms with E-state index in [4.69, 9.17) is 0 Å². The van der Waals surface area contributed by atoms with Gasteiger partial charge in [-0.2, -0.15) is 0 Å². The van der Waals surface area contributed by atoms with Gasteiger partial charge >= 0.3 is 11.7 Å². The van der Waals surface area contributed by atoms with E-state index in [2.05, 4.69) is 17.3 Å². The summed E-state index contributed by atoms with van der Waals surface area (Å²) in [5.41, 5.74) is -2.35. The number of hydrogen-bond donors (Lipinski definition) is 2. The third kappa shape index (κ3) is 2.70. The Bertz CT molecular complexity index is 668. The summed E-state index contributed by atoms with van der Waals surface area (Å²) in [7, 11) is 2.76. The average molecular weight is 296 g/mol. The minimum absolute atomic E-state index is 0.100. The van der Waals surface area contributed by atoms with E-state index in [0.29, 0.717) is 18.8 Å². The van der Waals surface area contributed by atoms with Crippen LogP contribution in [-0.2, 0) is 18.9 Å². The summed E-state index contributed by atoms with van der Waals surface area (Å²) in [6, 6.07) is 0. The van der Waals surface area contributed by atoms with Gasteiger partial charge in [-0.25, -0.2) is 14.3 Å². The van der Waals surface area contributed by atoms with Crippen molar-refractivity contribution >= 4 is 11.8 Å². The number of anilines is 1. The number of hydrogen-bond acceptors (Lipinski definition) is 5. The van der Waals surface area contributed by atoms with Crippen LogP contribution in [0, 0.1) is 5.92 Å². The zero-order valence-corrected chi connectivity index (χ0v) is 12.4. The topological polar surface area (TPSA) is 106 Å². The first-order chi connectivity index (χ1) is 9.77. The Hall–Kier alpha value is -2.12. The third-order valence-corrected chi connectivity index (χ3v) is 4.22. The van der Waals surface area contributed by atoms with Crippen LogP contribution in [0.4, 0.5) is 5.82 Å². The molecule has 0 atom stereocenters. The standard InChI is InChI=1S/C13H20N4O4/c1-8-4-6-13(7-5-8,11(19)20)14-9-10(18)16(2)12(21)17(3)15-9/h8H,4-7H2,1-3H3,(H,14,15)(H,19,20). The van der Waals surface area contributed by atoms with Crippen LogP contribution in [0.25, 0.3) is 0 Å². The number of carboxylic acid groups (broad SMARTS) is 1. The normalized spacial score (nSPS) is 25.6. The van der Waals surface area contributed by atoms with E-state index in [-0.39, 0.29) is 5.82 Å². The minimum Gasteiger partial charge on any atom is -0.480 e. The molecule has 0 aliphatic heterocycles. The van der Waals surface area contributed by atoms with Crippen molar-refractivity contribution in [2.24, 2.45) is 20.0 Å². The Kier molecular flexibility index (Phi) is 3.89. The van der Waals surface area contributed by atoms with Gasteiger partial charge in [-0.3, -0.25) is 9.36 Å². The number of nitrogens with zero attached hydrogens (tertiary/aromatic N) is 3. The highest BCUT2D eigenvalue weighted by molar-refractivity contribution is 5.82. The molecule has 8 heteroatoms. The van der Waals surface area contributed by atoms with E-state index in [0.717, 1.165) is 22.1 Å². The smallest absolute Gasteiger partial charge is 0.346 e. The number of aliphatic carboxylic acids is 1. The lowest BCUT2D eigenvalue weighted by molar-refractivity contribution is -0.143. The van der Waals surface area contributed by atoms with Crippen molar-refractivity contribution in [3.63, 3.8) is 0 Å². The number of aryl methyl sites for hydroxylation is 1. The maximum absolute atomic E-state index is 12.1. The second kappa shape index (κ2) is 5.34. The SMILES string of the molecule is CC1CCC(Nc2nn(C)c(=O)n(C)c2=O)(C(=O)O)CC1. The molecule has 0 saturated heterocycles. The first-order valence-corrected chi connectivity index (χ1v) is 6.93. The lowest BCUT2D eigenvalue weighted by Crippen LogP contribution is -2.51. The monoisotopic (exact) mass is 296 g/mol. The first kappa shape index (κ1) is 15.3. The van der Waals surface area contributed by atoms with Crippen LogP contribution in [0.3, 0.4) is 0 Å². The lowest BCUT2D eigenvalue weighted by Gasteiger charge is -2.36. The van der Waals surface area contributed by atoms with E-state index < -0.39 is 22.8 Å². The molecule has 1 fully saturated rings. The number of aromatic nitrogens is 3. The second-order valence-corrected chi connectivity index (χ2v) is 5.81. The average Bonchev–Trinajstić information content (AvgIpc) is 2.45. The van der Waals surface area contributed by atoms with Gasteiger partial charge in [-0.15, -0.1) is 5.10 Å². The maximum Gasteiger partial charge on any atom is 0.346 e. The fourth-order valence-corrected chi connectivity index (χ4v) is 2.65. The molecule has 0 amide bonds. The van der Waals surface area contributed by atoms with Crippen LogP contribution in [0.15, 0.2) is 9.59 Å². The van der Waals surface area contributed by atoms with Crippen molar-refractivity contribution in [1.82, 2.24) is 14.3 Å². The molecule has 1 saturated carbocycles. The Morgan fingerprint density at radius 1 is 1.33 bits per heavy atom. The molecule has 2 rings (SSSR count). The van der Waals surface area contributed by atoms with Crippen molar-refractivity contribution in [2.45, 2.75) is 38.1 Å².